The van der Waals surface area contributed by atoms with E-state index in [4.69, 9.17) is 4.74 Å². The number of ether oxygens (including phenoxy) is 1. The molecule has 0 aliphatic rings. The van der Waals surface area contributed by atoms with Crippen molar-refractivity contribution < 1.29 is 9.53 Å². The summed E-state index contributed by atoms with van der Waals surface area (Å²) in [6, 6.07) is 7.79. The zero-order valence-electron chi connectivity index (χ0n) is 9.53. The van der Waals surface area contributed by atoms with Crippen LogP contribution in [0.25, 0.3) is 6.08 Å². The Balaban J connectivity index is 2.76. The minimum Gasteiger partial charge on any atom is -0.463 e. The molecule has 0 aromatic heterocycles. The van der Waals surface area contributed by atoms with Crippen LogP contribution >= 0.6 is 0 Å². The third kappa shape index (κ3) is 3.09. The molecule has 84 valence electrons. The zero-order valence-corrected chi connectivity index (χ0v) is 9.53. The summed E-state index contributed by atoms with van der Waals surface area (Å²) in [5.74, 6) is -0.332. The lowest BCUT2D eigenvalue weighted by Gasteiger charge is -2.07. The zero-order chi connectivity index (χ0) is 12.0. The molecule has 0 N–H and O–H groups in total. The van der Waals surface area contributed by atoms with Gasteiger partial charge in [-0.25, -0.2) is 4.79 Å². The SMILES string of the molecule is C=Cc1ccccc1CC(=C)C(=O)OCC. The van der Waals surface area contributed by atoms with Crippen LogP contribution in [0.15, 0.2) is 43.0 Å². The number of benzene rings is 1. The highest BCUT2D eigenvalue weighted by Gasteiger charge is 2.09. The van der Waals surface area contributed by atoms with Crippen molar-refractivity contribution in [2.75, 3.05) is 6.61 Å². The minimum atomic E-state index is -0.332. The van der Waals surface area contributed by atoms with Gasteiger partial charge in [0, 0.05) is 12.0 Å². The van der Waals surface area contributed by atoms with Gasteiger partial charge in [0.2, 0.25) is 0 Å². The predicted molar refractivity (Wildman–Crippen MR) is 66.0 cm³/mol. The topological polar surface area (TPSA) is 26.3 Å². The van der Waals surface area contributed by atoms with Crippen LogP contribution in [0.1, 0.15) is 18.1 Å². The summed E-state index contributed by atoms with van der Waals surface area (Å²) >= 11 is 0. The highest BCUT2D eigenvalue weighted by Crippen LogP contribution is 2.14. The van der Waals surface area contributed by atoms with Gasteiger partial charge in [-0.3, -0.25) is 0 Å². The van der Waals surface area contributed by atoms with Crippen molar-refractivity contribution in [1.29, 1.82) is 0 Å². The standard InChI is InChI=1S/C14H16O2/c1-4-12-8-6-7-9-13(12)10-11(3)14(15)16-5-2/h4,6-9H,1,3,5,10H2,2H3. The lowest BCUT2D eigenvalue weighted by atomic mass is 10.0. The smallest absolute Gasteiger partial charge is 0.333 e. The van der Waals surface area contributed by atoms with E-state index in [9.17, 15) is 4.79 Å². The normalized spacial score (nSPS) is 9.56. The minimum absolute atomic E-state index is 0.332. The molecule has 0 saturated carbocycles. The molecule has 0 fully saturated rings. The molecule has 0 amide bonds. The molecule has 0 radical (unpaired) electrons. The number of carbonyl (C=O) groups excluding carboxylic acids is 1. The average molecular weight is 216 g/mol. The number of carbonyl (C=O) groups is 1. The summed E-state index contributed by atoms with van der Waals surface area (Å²) in [5.41, 5.74) is 2.53. The third-order valence-electron chi connectivity index (χ3n) is 2.24. The van der Waals surface area contributed by atoms with E-state index < -0.39 is 0 Å². The molecule has 0 saturated heterocycles. The van der Waals surface area contributed by atoms with Gasteiger partial charge < -0.3 is 4.74 Å². The van der Waals surface area contributed by atoms with Gasteiger partial charge in [-0.05, 0) is 18.1 Å². The fourth-order valence-electron chi connectivity index (χ4n) is 1.43. The van der Waals surface area contributed by atoms with E-state index in [0.717, 1.165) is 11.1 Å². The number of hydrogen-bond acceptors (Lipinski definition) is 2. The average Bonchev–Trinajstić information content (AvgIpc) is 2.30. The van der Waals surface area contributed by atoms with Crippen molar-refractivity contribution in [2.45, 2.75) is 13.3 Å². The van der Waals surface area contributed by atoms with Crippen molar-refractivity contribution in [3.8, 4) is 0 Å². The third-order valence-corrected chi connectivity index (χ3v) is 2.24. The van der Waals surface area contributed by atoms with Crippen molar-refractivity contribution >= 4 is 12.0 Å². The lowest BCUT2D eigenvalue weighted by Crippen LogP contribution is -2.09. The van der Waals surface area contributed by atoms with Gasteiger partial charge in [-0.1, -0.05) is 43.5 Å². The van der Waals surface area contributed by atoms with Crippen LogP contribution in [0.4, 0.5) is 0 Å². The van der Waals surface area contributed by atoms with Gasteiger partial charge in [0.25, 0.3) is 0 Å². The van der Waals surface area contributed by atoms with E-state index in [1.807, 2.05) is 24.3 Å². The maximum absolute atomic E-state index is 11.4. The van der Waals surface area contributed by atoms with E-state index in [1.54, 1.807) is 13.0 Å². The number of rotatable bonds is 5. The van der Waals surface area contributed by atoms with Crippen LogP contribution in [0.3, 0.4) is 0 Å². The van der Waals surface area contributed by atoms with Crippen LogP contribution in [-0.2, 0) is 16.0 Å². The molecule has 0 spiro atoms. The van der Waals surface area contributed by atoms with Gasteiger partial charge in [-0.15, -0.1) is 0 Å². The Labute approximate surface area is 96.2 Å². The maximum Gasteiger partial charge on any atom is 0.333 e. The Kier molecular flexibility index (Phi) is 4.52. The van der Waals surface area contributed by atoms with Crippen LogP contribution in [-0.4, -0.2) is 12.6 Å². The summed E-state index contributed by atoms with van der Waals surface area (Å²) in [5, 5.41) is 0. The van der Waals surface area contributed by atoms with Crippen molar-refractivity contribution in [2.24, 2.45) is 0 Å². The Morgan fingerprint density at radius 2 is 2.12 bits per heavy atom. The summed E-state index contributed by atoms with van der Waals surface area (Å²) in [6.07, 6.45) is 2.27. The molecular formula is C14H16O2. The van der Waals surface area contributed by atoms with Gasteiger partial charge in [0.15, 0.2) is 0 Å². The monoisotopic (exact) mass is 216 g/mol. The Hall–Kier alpha value is -1.83. The molecule has 0 aliphatic heterocycles. The van der Waals surface area contributed by atoms with Crippen LogP contribution in [0, 0.1) is 0 Å². The van der Waals surface area contributed by atoms with Crippen LogP contribution in [0.2, 0.25) is 0 Å². The largest absolute Gasteiger partial charge is 0.463 e. The molecule has 0 atom stereocenters. The van der Waals surface area contributed by atoms with E-state index in [0.29, 0.717) is 18.6 Å². The van der Waals surface area contributed by atoms with E-state index in [1.165, 1.54) is 0 Å². The summed E-state index contributed by atoms with van der Waals surface area (Å²) < 4.78 is 4.89. The first-order valence-corrected chi connectivity index (χ1v) is 5.24. The summed E-state index contributed by atoms with van der Waals surface area (Å²) in [4.78, 5) is 11.4. The molecule has 2 heteroatoms. The van der Waals surface area contributed by atoms with E-state index >= 15 is 0 Å². The molecule has 0 unspecified atom stereocenters. The predicted octanol–water partition coefficient (Wildman–Crippen LogP) is 2.99. The van der Waals surface area contributed by atoms with Gasteiger partial charge in [-0.2, -0.15) is 0 Å². The molecule has 2 nitrogen and oxygen atoms in total. The quantitative estimate of drug-likeness (QED) is 0.558. The fourth-order valence-corrected chi connectivity index (χ4v) is 1.43. The number of hydrogen-bond donors (Lipinski definition) is 0. The van der Waals surface area contributed by atoms with Crippen molar-refractivity contribution in [3.63, 3.8) is 0 Å². The van der Waals surface area contributed by atoms with Crippen LogP contribution in [0.5, 0.6) is 0 Å². The molecule has 1 aromatic rings. The van der Waals surface area contributed by atoms with Gasteiger partial charge in [0.1, 0.15) is 0 Å². The fraction of sp³-hybridized carbons (Fsp3) is 0.214. The highest BCUT2D eigenvalue weighted by molar-refractivity contribution is 5.88. The second-order valence-corrected chi connectivity index (χ2v) is 3.40. The van der Waals surface area contributed by atoms with Crippen molar-refractivity contribution in [3.05, 3.63) is 54.1 Å². The molecular weight excluding hydrogens is 200 g/mol. The molecule has 0 bridgehead atoms. The summed E-state index contributed by atoms with van der Waals surface area (Å²) in [6.45, 7) is 9.63. The molecule has 1 aromatic carbocycles. The highest BCUT2D eigenvalue weighted by atomic mass is 16.5. The first-order chi connectivity index (χ1) is 7.69. The molecule has 0 aliphatic carbocycles. The molecule has 0 heterocycles. The lowest BCUT2D eigenvalue weighted by molar-refractivity contribution is -0.138. The Bertz CT molecular complexity index is 405. The summed E-state index contributed by atoms with van der Waals surface area (Å²) in [7, 11) is 0. The Morgan fingerprint density at radius 3 is 2.75 bits per heavy atom. The van der Waals surface area contributed by atoms with E-state index in [2.05, 4.69) is 13.2 Å². The second kappa shape index (κ2) is 5.91. The second-order valence-electron chi connectivity index (χ2n) is 3.40. The van der Waals surface area contributed by atoms with Crippen LogP contribution < -0.4 is 0 Å². The van der Waals surface area contributed by atoms with Gasteiger partial charge >= 0.3 is 5.97 Å². The first-order valence-electron chi connectivity index (χ1n) is 5.24. The Morgan fingerprint density at radius 1 is 1.44 bits per heavy atom. The van der Waals surface area contributed by atoms with E-state index in [-0.39, 0.29) is 5.97 Å². The molecule has 16 heavy (non-hydrogen) atoms. The molecule has 1 rings (SSSR count). The maximum atomic E-state index is 11.4. The van der Waals surface area contributed by atoms with Gasteiger partial charge in [0.05, 0.1) is 6.61 Å². The first kappa shape index (κ1) is 12.2. The number of esters is 1. The van der Waals surface area contributed by atoms with Crippen molar-refractivity contribution in [1.82, 2.24) is 0 Å².